The summed E-state index contributed by atoms with van der Waals surface area (Å²) < 4.78 is 17.6. The van der Waals surface area contributed by atoms with Gasteiger partial charge in [-0.3, -0.25) is 9.59 Å². The summed E-state index contributed by atoms with van der Waals surface area (Å²) >= 11 is 0. The fourth-order valence-corrected chi connectivity index (χ4v) is 10.2. The number of esters is 1. The number of aliphatic hydroxyl groups is 5. The fourth-order valence-electron chi connectivity index (χ4n) is 10.2. The maximum atomic E-state index is 13.4. The Morgan fingerprint density at radius 3 is 1.29 bits per heavy atom. The number of hydrogen-bond acceptors (Lipinski definition) is 10. The van der Waals surface area contributed by atoms with Gasteiger partial charge in [0.15, 0.2) is 12.4 Å². The van der Waals surface area contributed by atoms with Gasteiger partial charge in [0.05, 0.1) is 25.4 Å². The van der Waals surface area contributed by atoms with Gasteiger partial charge >= 0.3 is 5.97 Å². The lowest BCUT2D eigenvalue weighted by Crippen LogP contribution is -2.61. The molecule has 0 aromatic carbocycles. The van der Waals surface area contributed by atoms with Crippen LogP contribution in [-0.4, -0.2) is 99.6 Å². The van der Waals surface area contributed by atoms with Crippen LogP contribution in [-0.2, 0) is 23.8 Å². The van der Waals surface area contributed by atoms with Crippen LogP contribution in [0.15, 0.2) is 24.3 Å². The van der Waals surface area contributed by atoms with Crippen molar-refractivity contribution in [3.8, 4) is 0 Å². The molecule has 1 aliphatic rings. The minimum absolute atomic E-state index is 0.122. The van der Waals surface area contributed by atoms with Crippen LogP contribution in [0.2, 0.25) is 0 Å². The average molecular weight is 1060 g/mol. The highest BCUT2D eigenvalue weighted by Crippen LogP contribution is 2.26. The van der Waals surface area contributed by atoms with Gasteiger partial charge in [-0.15, -0.1) is 0 Å². The van der Waals surface area contributed by atoms with Crippen LogP contribution in [0.4, 0.5) is 0 Å². The predicted octanol–water partition coefficient (Wildman–Crippen LogP) is 15.3. The molecule has 0 bridgehead atoms. The Hall–Kier alpha value is -1.86. The summed E-state index contributed by atoms with van der Waals surface area (Å²) in [5.74, 6) is -1.18. The van der Waals surface area contributed by atoms with Gasteiger partial charge in [-0.1, -0.05) is 276 Å². The van der Waals surface area contributed by atoms with E-state index in [0.717, 1.165) is 70.6 Å². The molecule has 1 amide bonds. The van der Waals surface area contributed by atoms with Gasteiger partial charge < -0.3 is 45.1 Å². The molecule has 11 heteroatoms. The molecule has 0 aromatic heterocycles. The summed E-state index contributed by atoms with van der Waals surface area (Å²) in [5, 5.41) is 57.0. The molecule has 1 aliphatic heterocycles. The molecular weight excluding hydrogens is 943 g/mol. The summed E-state index contributed by atoms with van der Waals surface area (Å²) in [6.45, 7) is 5.82. The molecule has 0 aliphatic carbocycles. The van der Waals surface area contributed by atoms with E-state index in [9.17, 15) is 35.1 Å². The lowest BCUT2D eigenvalue weighted by atomic mass is 9.99. The second kappa shape index (κ2) is 52.8. The molecule has 0 radical (unpaired) electrons. The van der Waals surface area contributed by atoms with Crippen molar-refractivity contribution in [3.05, 3.63) is 24.3 Å². The van der Waals surface area contributed by atoms with E-state index in [1.165, 1.54) is 193 Å². The second-order valence-corrected chi connectivity index (χ2v) is 22.5. The van der Waals surface area contributed by atoms with Crippen molar-refractivity contribution in [1.29, 1.82) is 0 Å². The first-order valence-electron chi connectivity index (χ1n) is 32.1. The maximum absolute atomic E-state index is 13.4. The molecule has 6 N–H and O–H groups in total. The number of unbranched alkanes of at least 4 members (excludes halogenated alkanes) is 39. The number of aliphatic hydroxyl groups excluding tert-OH is 5. The SMILES string of the molecule is CCCCCCCC/C=C/CCCCCCCCCC(=O)OC1C(OCC(NC(=O)C(O)CCCCCCCCCCCCCCCCCC)C(O)/C=C/CCCCCCCCCCCCC)OC(CO)C(O)C1O. The zero-order chi connectivity index (χ0) is 54.7. The van der Waals surface area contributed by atoms with Crippen LogP contribution in [0.1, 0.15) is 310 Å². The molecule has 1 heterocycles. The molecule has 75 heavy (non-hydrogen) atoms. The largest absolute Gasteiger partial charge is 0.454 e. The zero-order valence-electron chi connectivity index (χ0n) is 48.9. The maximum Gasteiger partial charge on any atom is 0.306 e. The summed E-state index contributed by atoms with van der Waals surface area (Å²) in [6.07, 6.45) is 50.7. The van der Waals surface area contributed by atoms with Crippen molar-refractivity contribution in [2.75, 3.05) is 13.2 Å². The first kappa shape index (κ1) is 71.2. The standard InChI is InChI=1S/C64H121NO10/c1-4-7-10-13-16-19-22-25-27-29-31-34-37-40-43-46-49-52-59(69)75-62-61(71)60(70)58(53-66)74-64(62)73-54-55(56(67)50-47-44-41-38-35-32-24-21-18-15-12-9-6-3)65-63(72)57(68)51-48-45-42-39-36-33-30-28-26-23-20-17-14-11-8-5-2/h25,27,47,50,55-58,60-62,64,66-68,70-71H,4-24,26,28-46,48-49,51-54H2,1-3H3,(H,65,72)/b27-25+,50-47+. The van der Waals surface area contributed by atoms with Crippen molar-refractivity contribution in [1.82, 2.24) is 5.32 Å². The minimum atomic E-state index is -1.61. The fraction of sp³-hybridized carbons (Fsp3) is 0.906. The monoisotopic (exact) mass is 1060 g/mol. The molecule has 11 nitrogen and oxygen atoms in total. The van der Waals surface area contributed by atoms with E-state index in [2.05, 4.69) is 38.2 Å². The Balaban J connectivity index is 2.67. The number of allylic oxidation sites excluding steroid dienone is 3. The Labute approximate surface area is 461 Å². The van der Waals surface area contributed by atoms with E-state index >= 15 is 0 Å². The zero-order valence-corrected chi connectivity index (χ0v) is 48.9. The Morgan fingerprint density at radius 2 is 0.880 bits per heavy atom. The van der Waals surface area contributed by atoms with Crippen LogP contribution in [0.5, 0.6) is 0 Å². The Bertz CT molecular complexity index is 1310. The van der Waals surface area contributed by atoms with Crippen LogP contribution >= 0.6 is 0 Å². The van der Waals surface area contributed by atoms with E-state index in [4.69, 9.17) is 14.2 Å². The molecular formula is C64H121NO10. The van der Waals surface area contributed by atoms with Gasteiger partial charge in [-0.2, -0.15) is 0 Å². The van der Waals surface area contributed by atoms with Crippen molar-refractivity contribution in [2.24, 2.45) is 0 Å². The predicted molar refractivity (Wildman–Crippen MR) is 311 cm³/mol. The van der Waals surface area contributed by atoms with Crippen molar-refractivity contribution < 1.29 is 49.3 Å². The smallest absolute Gasteiger partial charge is 0.306 e. The number of carbonyl (C=O) groups excluding carboxylic acids is 2. The lowest BCUT2D eigenvalue weighted by Gasteiger charge is -2.41. The summed E-state index contributed by atoms with van der Waals surface area (Å²) in [4.78, 5) is 26.6. The van der Waals surface area contributed by atoms with Gasteiger partial charge in [0.25, 0.3) is 0 Å². The molecule has 1 saturated heterocycles. The van der Waals surface area contributed by atoms with E-state index in [0.29, 0.717) is 19.3 Å². The first-order chi connectivity index (χ1) is 36.7. The molecule has 442 valence electrons. The van der Waals surface area contributed by atoms with Gasteiger partial charge in [-0.05, 0) is 51.4 Å². The van der Waals surface area contributed by atoms with E-state index in [1.807, 2.05) is 6.08 Å². The first-order valence-corrected chi connectivity index (χ1v) is 32.1. The summed E-state index contributed by atoms with van der Waals surface area (Å²) in [7, 11) is 0. The lowest BCUT2D eigenvalue weighted by molar-refractivity contribution is -0.305. The molecule has 8 unspecified atom stereocenters. The Kier molecular flexibility index (Phi) is 50.1. The van der Waals surface area contributed by atoms with E-state index < -0.39 is 67.4 Å². The number of amides is 1. The number of hydrogen-bond donors (Lipinski definition) is 6. The number of carbonyl (C=O) groups is 2. The number of nitrogens with one attached hydrogen (secondary N) is 1. The van der Waals surface area contributed by atoms with E-state index in [1.54, 1.807) is 6.08 Å². The normalized spacial score (nSPS) is 19.3. The topological polar surface area (TPSA) is 175 Å². The Morgan fingerprint density at radius 1 is 0.507 bits per heavy atom. The second-order valence-electron chi connectivity index (χ2n) is 22.5. The van der Waals surface area contributed by atoms with Gasteiger partial charge in [0, 0.05) is 6.42 Å². The summed E-state index contributed by atoms with van der Waals surface area (Å²) in [5.41, 5.74) is 0. The average Bonchev–Trinajstić information content (AvgIpc) is 3.41. The summed E-state index contributed by atoms with van der Waals surface area (Å²) in [6, 6.07) is -1.02. The molecule has 0 spiro atoms. The van der Waals surface area contributed by atoms with Crippen LogP contribution in [0, 0.1) is 0 Å². The van der Waals surface area contributed by atoms with E-state index in [-0.39, 0.29) is 13.0 Å². The molecule has 8 atom stereocenters. The molecule has 1 rings (SSSR count). The minimum Gasteiger partial charge on any atom is -0.454 e. The molecule has 0 saturated carbocycles. The third-order valence-corrected chi connectivity index (χ3v) is 15.4. The van der Waals surface area contributed by atoms with Crippen LogP contribution in [0.3, 0.4) is 0 Å². The van der Waals surface area contributed by atoms with Crippen molar-refractivity contribution in [2.45, 2.75) is 359 Å². The highest BCUT2D eigenvalue weighted by molar-refractivity contribution is 5.80. The quantitative estimate of drug-likeness (QED) is 0.0195. The van der Waals surface area contributed by atoms with Crippen molar-refractivity contribution in [3.63, 3.8) is 0 Å². The third kappa shape index (κ3) is 40.9. The highest BCUT2D eigenvalue weighted by Gasteiger charge is 2.47. The number of ether oxygens (including phenoxy) is 3. The molecule has 0 aromatic rings. The highest BCUT2D eigenvalue weighted by atomic mass is 16.7. The molecule has 1 fully saturated rings. The van der Waals surface area contributed by atoms with Gasteiger partial charge in [0.1, 0.15) is 24.4 Å². The third-order valence-electron chi connectivity index (χ3n) is 15.4. The van der Waals surface area contributed by atoms with Gasteiger partial charge in [-0.25, -0.2) is 0 Å². The van der Waals surface area contributed by atoms with Gasteiger partial charge in [0.2, 0.25) is 5.91 Å². The van der Waals surface area contributed by atoms with Crippen LogP contribution < -0.4 is 5.32 Å². The van der Waals surface area contributed by atoms with Crippen LogP contribution in [0.25, 0.3) is 0 Å². The number of rotatable bonds is 55. The van der Waals surface area contributed by atoms with Crippen molar-refractivity contribution >= 4 is 11.9 Å².